The molecule has 0 saturated carbocycles. The van der Waals surface area contributed by atoms with E-state index in [0.29, 0.717) is 17.7 Å². The third-order valence-corrected chi connectivity index (χ3v) is 9.66. The minimum atomic E-state index is -1.39. The van der Waals surface area contributed by atoms with Crippen LogP contribution in [0.5, 0.6) is 5.75 Å². The Bertz CT molecular complexity index is 1950. The number of thioether (sulfide) groups is 1. The normalized spacial score (nSPS) is 17.0. The van der Waals surface area contributed by atoms with Gasteiger partial charge in [0.05, 0.1) is 11.8 Å². The highest BCUT2D eigenvalue weighted by Gasteiger charge is 2.49. The molecule has 0 aromatic heterocycles. The molecule has 2 heterocycles. The molecule has 2 N–H and O–H groups in total. The number of hydrogen-bond acceptors (Lipinski definition) is 9. The summed E-state index contributed by atoms with van der Waals surface area (Å²) in [4.78, 5) is 63.4. The lowest BCUT2D eigenvalue weighted by Gasteiger charge is -2.46. The Hall–Kier alpha value is -5.88. The third kappa shape index (κ3) is 8.47. The lowest BCUT2D eigenvalue weighted by Crippen LogP contribution is -2.57. The van der Waals surface area contributed by atoms with E-state index in [1.54, 1.807) is 0 Å². The molecule has 51 heavy (non-hydrogen) atoms. The fourth-order valence-electron chi connectivity index (χ4n) is 5.76. The first-order valence-corrected chi connectivity index (χ1v) is 17.1. The SMILES string of the molecule is CC(=O)OCC1=C(C(=O)O)N2C(=O)C[C@H]2SC1NC(=O)CC(=O)OC(c1ccccc1)c1ccc(-c2ccc(OCc3ccccc3)cc2)cc1. The molecule has 12 heteroatoms. The number of hydrogen-bond donors (Lipinski definition) is 2. The summed E-state index contributed by atoms with van der Waals surface area (Å²) in [6, 6.07) is 34.4. The van der Waals surface area contributed by atoms with Crippen LogP contribution in [0, 0.1) is 0 Å². The van der Waals surface area contributed by atoms with Crippen LogP contribution in [-0.2, 0) is 40.1 Å². The Kier molecular flexibility index (Phi) is 10.8. The number of fused-ring (bicyclic) bond motifs is 1. The molecule has 4 aromatic carbocycles. The van der Waals surface area contributed by atoms with Crippen molar-refractivity contribution in [2.45, 2.75) is 43.2 Å². The van der Waals surface area contributed by atoms with Crippen LogP contribution in [0.3, 0.4) is 0 Å². The van der Waals surface area contributed by atoms with Gasteiger partial charge in [-0.1, -0.05) is 97.1 Å². The fourth-order valence-corrected chi connectivity index (χ4v) is 7.20. The van der Waals surface area contributed by atoms with Gasteiger partial charge in [-0.05, 0) is 39.9 Å². The van der Waals surface area contributed by atoms with Gasteiger partial charge in [0.15, 0.2) is 6.10 Å². The number of nitrogens with one attached hydrogen (secondary N) is 1. The second kappa shape index (κ2) is 15.8. The molecule has 11 nitrogen and oxygen atoms in total. The Morgan fingerprint density at radius 3 is 2.06 bits per heavy atom. The molecular formula is C39H34N2O9S. The second-order valence-electron chi connectivity index (χ2n) is 11.8. The van der Waals surface area contributed by atoms with Gasteiger partial charge in [-0.3, -0.25) is 24.1 Å². The number of esters is 2. The number of rotatable bonds is 13. The van der Waals surface area contributed by atoms with Gasteiger partial charge < -0.3 is 24.6 Å². The fraction of sp³-hybridized carbons (Fsp3) is 0.205. The third-order valence-electron chi connectivity index (χ3n) is 8.29. The van der Waals surface area contributed by atoms with E-state index < -0.39 is 53.7 Å². The number of amides is 2. The summed E-state index contributed by atoms with van der Waals surface area (Å²) in [5.74, 6) is -3.22. The highest BCUT2D eigenvalue weighted by molar-refractivity contribution is 8.00. The van der Waals surface area contributed by atoms with Crippen molar-refractivity contribution in [3.05, 3.63) is 137 Å². The summed E-state index contributed by atoms with van der Waals surface area (Å²) in [6.45, 7) is 1.18. The summed E-state index contributed by atoms with van der Waals surface area (Å²) >= 11 is 1.13. The van der Waals surface area contributed by atoms with Crippen LogP contribution >= 0.6 is 11.8 Å². The predicted molar refractivity (Wildman–Crippen MR) is 188 cm³/mol. The van der Waals surface area contributed by atoms with E-state index >= 15 is 0 Å². The summed E-state index contributed by atoms with van der Waals surface area (Å²) in [7, 11) is 0. The summed E-state index contributed by atoms with van der Waals surface area (Å²) in [6.07, 6.45) is -1.39. The van der Waals surface area contributed by atoms with Gasteiger partial charge in [0.25, 0.3) is 0 Å². The molecule has 0 aliphatic carbocycles. The Morgan fingerprint density at radius 2 is 1.45 bits per heavy atom. The predicted octanol–water partition coefficient (Wildman–Crippen LogP) is 5.60. The highest BCUT2D eigenvalue weighted by atomic mass is 32.2. The molecule has 0 bridgehead atoms. The lowest BCUT2D eigenvalue weighted by molar-refractivity contribution is -0.150. The van der Waals surface area contributed by atoms with Gasteiger partial charge >= 0.3 is 17.9 Å². The zero-order valence-electron chi connectivity index (χ0n) is 27.5. The Morgan fingerprint density at radius 1 is 0.843 bits per heavy atom. The standard InChI is InChI=1S/C39H34N2O9S/c1-24(42)48-23-31-36(39(46)47)41-33(44)21-34(41)51-38(31)40-32(43)20-35(45)50-37(28-10-6-3-7-11-28)29-14-12-26(13-15-29)27-16-18-30(19-17-27)49-22-25-8-4-2-5-9-25/h2-19,34,37-38H,20-23H2,1H3,(H,40,43)(H,46,47)/t34-,37?,38?/m1/s1. The summed E-state index contributed by atoms with van der Waals surface area (Å²) in [5.41, 5.74) is 4.08. The van der Waals surface area contributed by atoms with Crippen molar-refractivity contribution in [1.82, 2.24) is 10.2 Å². The molecule has 3 atom stereocenters. The molecular weight excluding hydrogens is 673 g/mol. The molecule has 1 saturated heterocycles. The van der Waals surface area contributed by atoms with E-state index in [1.807, 2.05) is 109 Å². The lowest BCUT2D eigenvalue weighted by atomic mass is 9.98. The van der Waals surface area contributed by atoms with Crippen molar-refractivity contribution >= 4 is 41.5 Å². The topological polar surface area (TPSA) is 149 Å². The molecule has 2 unspecified atom stereocenters. The summed E-state index contributed by atoms with van der Waals surface area (Å²) in [5, 5.41) is 11.1. The van der Waals surface area contributed by atoms with Gasteiger partial charge in [-0.25, -0.2) is 4.79 Å². The molecule has 2 aliphatic rings. The van der Waals surface area contributed by atoms with Crippen LogP contribution in [-0.4, -0.2) is 57.1 Å². The van der Waals surface area contributed by atoms with Crippen molar-refractivity contribution in [2.24, 2.45) is 0 Å². The van der Waals surface area contributed by atoms with E-state index in [9.17, 15) is 29.1 Å². The number of carboxylic acid groups (broad SMARTS) is 1. The first-order valence-electron chi connectivity index (χ1n) is 16.1. The largest absolute Gasteiger partial charge is 0.489 e. The van der Waals surface area contributed by atoms with Crippen LogP contribution in [0.1, 0.15) is 42.6 Å². The monoisotopic (exact) mass is 706 g/mol. The maximum atomic E-state index is 13.2. The van der Waals surface area contributed by atoms with Gasteiger partial charge in [-0.2, -0.15) is 0 Å². The minimum absolute atomic E-state index is 0.0327. The number of carbonyl (C=O) groups excluding carboxylic acids is 4. The van der Waals surface area contributed by atoms with Crippen LogP contribution in [0.25, 0.3) is 11.1 Å². The van der Waals surface area contributed by atoms with E-state index in [0.717, 1.165) is 46.0 Å². The molecule has 6 rings (SSSR count). The molecule has 2 aliphatic heterocycles. The first kappa shape index (κ1) is 35.0. The number of ether oxygens (including phenoxy) is 3. The zero-order valence-corrected chi connectivity index (χ0v) is 28.3. The summed E-state index contributed by atoms with van der Waals surface area (Å²) < 4.78 is 16.8. The second-order valence-corrected chi connectivity index (χ2v) is 13.1. The van der Waals surface area contributed by atoms with Crippen molar-refractivity contribution in [1.29, 1.82) is 0 Å². The minimum Gasteiger partial charge on any atom is -0.489 e. The van der Waals surface area contributed by atoms with E-state index in [2.05, 4.69) is 5.32 Å². The highest BCUT2D eigenvalue weighted by Crippen LogP contribution is 2.43. The van der Waals surface area contributed by atoms with Gasteiger partial charge in [0.1, 0.15) is 36.5 Å². The molecule has 0 spiro atoms. The van der Waals surface area contributed by atoms with Crippen molar-refractivity contribution < 1.29 is 43.3 Å². The molecule has 1 fully saturated rings. The maximum Gasteiger partial charge on any atom is 0.352 e. The van der Waals surface area contributed by atoms with Crippen LogP contribution in [0.15, 0.2) is 120 Å². The zero-order chi connectivity index (χ0) is 35.9. The first-order chi connectivity index (χ1) is 24.7. The average Bonchev–Trinajstić information content (AvgIpc) is 3.13. The van der Waals surface area contributed by atoms with Crippen LogP contribution in [0.4, 0.5) is 0 Å². The average molecular weight is 707 g/mol. The van der Waals surface area contributed by atoms with Crippen LogP contribution in [0.2, 0.25) is 0 Å². The quantitative estimate of drug-likeness (QED) is 0.102. The maximum absolute atomic E-state index is 13.2. The molecule has 0 radical (unpaired) electrons. The van der Waals surface area contributed by atoms with Crippen molar-refractivity contribution in [3.8, 4) is 16.9 Å². The Balaban J connectivity index is 1.13. The number of nitrogens with zero attached hydrogens (tertiary/aromatic N) is 1. The number of aliphatic carboxylic acids is 1. The number of carboxylic acids is 1. The van der Waals surface area contributed by atoms with E-state index in [4.69, 9.17) is 14.2 Å². The van der Waals surface area contributed by atoms with E-state index in [1.165, 1.54) is 0 Å². The van der Waals surface area contributed by atoms with Gasteiger partial charge in [-0.15, -0.1) is 11.8 Å². The van der Waals surface area contributed by atoms with Gasteiger partial charge in [0, 0.05) is 12.5 Å². The number of β-lactam (4-membered cyclic amide) rings is 1. The molecule has 4 aromatic rings. The molecule has 260 valence electrons. The smallest absolute Gasteiger partial charge is 0.352 e. The molecule has 2 amide bonds. The van der Waals surface area contributed by atoms with Gasteiger partial charge in [0.2, 0.25) is 11.8 Å². The van der Waals surface area contributed by atoms with Crippen molar-refractivity contribution in [2.75, 3.05) is 6.61 Å². The Labute approximate surface area is 298 Å². The van der Waals surface area contributed by atoms with Crippen LogP contribution < -0.4 is 10.1 Å². The van der Waals surface area contributed by atoms with E-state index in [-0.39, 0.29) is 23.6 Å². The number of benzene rings is 4. The number of carbonyl (C=O) groups is 5. The van der Waals surface area contributed by atoms with Crippen molar-refractivity contribution in [3.63, 3.8) is 0 Å².